The fraction of sp³-hybridized carbons (Fsp3) is 0.429. The molecule has 2 aliphatic heterocycles. The van der Waals surface area contributed by atoms with Crippen molar-refractivity contribution >= 4 is 23.3 Å². The Morgan fingerprint density at radius 3 is 2.33 bits per heavy atom. The van der Waals surface area contributed by atoms with E-state index in [-0.39, 0.29) is 66.0 Å². The van der Waals surface area contributed by atoms with Crippen molar-refractivity contribution in [1.82, 2.24) is 19.7 Å². The third-order valence-corrected chi connectivity index (χ3v) is 8.41. The van der Waals surface area contributed by atoms with E-state index in [1.54, 1.807) is 30.1 Å². The highest BCUT2D eigenvalue weighted by atomic mass is 35.5. The summed E-state index contributed by atoms with van der Waals surface area (Å²) in [4.78, 5) is 33.8. The lowest BCUT2D eigenvalue weighted by atomic mass is 9.70. The quantitative estimate of drug-likeness (QED) is 0.529. The first-order valence-corrected chi connectivity index (χ1v) is 13.2. The molecule has 2 aliphatic rings. The van der Waals surface area contributed by atoms with Gasteiger partial charge in [0.15, 0.2) is 0 Å². The second-order valence-electron chi connectivity index (χ2n) is 10.7. The Morgan fingerprint density at radius 1 is 1.05 bits per heavy atom. The van der Waals surface area contributed by atoms with Crippen molar-refractivity contribution < 1.29 is 18.7 Å². The van der Waals surface area contributed by atoms with Crippen molar-refractivity contribution in [3.63, 3.8) is 0 Å². The smallest absolute Gasteiger partial charge is 0.266 e. The maximum atomic E-state index is 15.1. The van der Waals surface area contributed by atoms with Crippen molar-refractivity contribution in [1.29, 1.82) is 0 Å². The molecule has 8 nitrogen and oxygen atoms in total. The van der Waals surface area contributed by atoms with Crippen LogP contribution in [0.25, 0.3) is 0 Å². The molecule has 39 heavy (non-hydrogen) atoms. The van der Waals surface area contributed by atoms with Gasteiger partial charge in [0.2, 0.25) is 5.91 Å². The molecule has 2 fully saturated rings. The summed E-state index contributed by atoms with van der Waals surface area (Å²) in [6.07, 6.45) is 1.36. The van der Waals surface area contributed by atoms with E-state index in [1.807, 2.05) is 18.7 Å². The number of nitrogens with zero attached hydrogens (tertiary/aromatic N) is 5. The highest BCUT2D eigenvalue weighted by molar-refractivity contribution is 6.30. The largest absolute Gasteiger partial charge is 0.384 e. The minimum atomic E-state index is -1.24. The first-order chi connectivity index (χ1) is 18.5. The van der Waals surface area contributed by atoms with Crippen LogP contribution in [0.2, 0.25) is 5.02 Å². The Hall–Kier alpha value is -3.37. The number of benzene rings is 1. The van der Waals surface area contributed by atoms with Crippen LogP contribution in [0.3, 0.4) is 0 Å². The summed E-state index contributed by atoms with van der Waals surface area (Å²) in [6, 6.07) is 9.99. The van der Waals surface area contributed by atoms with Gasteiger partial charge in [0, 0.05) is 63.2 Å². The number of aromatic nitrogens is 3. The SMILES string of the molecule is C[C@@H]1CN(C(=O)[C@@H]2CN(c3ccc(=O)n(C)n3)C[C@H]2c2ncc(Cl)cc2F)C[C@H](C)[C@]1(O)c1ccc(F)cc1. The molecule has 5 atom stereocenters. The average molecular weight is 558 g/mol. The lowest BCUT2D eigenvalue weighted by molar-refractivity contribution is -0.152. The summed E-state index contributed by atoms with van der Waals surface area (Å²) in [5, 5.41) is 16.2. The molecule has 1 aromatic carbocycles. The topological polar surface area (TPSA) is 91.6 Å². The van der Waals surface area contributed by atoms with Gasteiger partial charge >= 0.3 is 0 Å². The van der Waals surface area contributed by atoms with Crippen molar-refractivity contribution in [3.05, 3.63) is 86.9 Å². The minimum Gasteiger partial charge on any atom is -0.384 e. The summed E-state index contributed by atoms with van der Waals surface area (Å²) in [6.45, 7) is 4.80. The van der Waals surface area contributed by atoms with E-state index in [2.05, 4.69) is 10.1 Å². The van der Waals surface area contributed by atoms with Gasteiger partial charge in [0.1, 0.15) is 17.5 Å². The van der Waals surface area contributed by atoms with Gasteiger partial charge in [-0.2, -0.15) is 5.10 Å². The van der Waals surface area contributed by atoms with Gasteiger partial charge in [-0.25, -0.2) is 13.5 Å². The molecule has 3 aromatic rings. The van der Waals surface area contributed by atoms with Crippen molar-refractivity contribution in [3.8, 4) is 0 Å². The van der Waals surface area contributed by atoms with Crippen LogP contribution in [0.1, 0.15) is 31.0 Å². The second kappa shape index (κ2) is 10.3. The molecular weight excluding hydrogens is 528 g/mol. The van der Waals surface area contributed by atoms with E-state index in [1.165, 1.54) is 35.1 Å². The monoisotopic (exact) mass is 557 g/mol. The molecule has 0 spiro atoms. The lowest BCUT2D eigenvalue weighted by Crippen LogP contribution is -2.57. The number of rotatable bonds is 4. The Balaban J connectivity index is 1.44. The molecule has 0 bridgehead atoms. The molecular formula is C28H30ClF2N5O3. The van der Waals surface area contributed by atoms with E-state index in [4.69, 9.17) is 11.6 Å². The number of hydrogen-bond acceptors (Lipinski definition) is 6. The number of pyridine rings is 1. The maximum Gasteiger partial charge on any atom is 0.266 e. The number of carbonyl (C=O) groups excluding carboxylic acids is 1. The standard InChI is InChI=1S/C28H30ClF2N5O3/c1-16-12-36(13-17(2)28(16,39)18-4-6-20(30)7-5-18)27(38)22-15-35(24-8-9-25(37)34(3)33-24)14-21(22)26-23(31)10-19(29)11-32-26/h4-11,16-17,21-22,39H,12-15H2,1-3H3/t16-,17+,21-,22-,28+/m1/s1. The normalized spacial score (nSPS) is 27.2. The molecule has 1 amide bonds. The van der Waals surface area contributed by atoms with Crippen LogP contribution in [0, 0.1) is 29.4 Å². The van der Waals surface area contributed by atoms with Crippen molar-refractivity contribution in [2.45, 2.75) is 25.4 Å². The Labute approximate surface area is 229 Å². The lowest BCUT2D eigenvalue weighted by Gasteiger charge is -2.48. The number of amides is 1. The molecule has 0 unspecified atom stereocenters. The molecule has 0 aliphatic carbocycles. The highest BCUT2D eigenvalue weighted by Gasteiger charge is 2.49. The average Bonchev–Trinajstić information content (AvgIpc) is 3.33. The molecule has 206 valence electrons. The zero-order valence-electron chi connectivity index (χ0n) is 21.9. The number of carbonyl (C=O) groups is 1. The highest BCUT2D eigenvalue weighted by Crippen LogP contribution is 2.43. The van der Waals surface area contributed by atoms with Crippen LogP contribution in [0.4, 0.5) is 14.6 Å². The predicted octanol–water partition coefficient (Wildman–Crippen LogP) is 3.33. The van der Waals surface area contributed by atoms with Crippen molar-refractivity contribution in [2.24, 2.45) is 24.8 Å². The molecule has 2 aromatic heterocycles. The van der Waals surface area contributed by atoms with Crippen LogP contribution in [0.15, 0.2) is 53.5 Å². The van der Waals surface area contributed by atoms with E-state index < -0.39 is 23.3 Å². The molecule has 5 rings (SSSR count). The Morgan fingerprint density at radius 2 is 1.72 bits per heavy atom. The number of anilines is 1. The van der Waals surface area contributed by atoms with Crippen LogP contribution in [-0.2, 0) is 17.4 Å². The number of aryl methyl sites for hydroxylation is 1. The summed E-state index contributed by atoms with van der Waals surface area (Å²) in [7, 11) is 1.54. The summed E-state index contributed by atoms with van der Waals surface area (Å²) >= 11 is 5.94. The van der Waals surface area contributed by atoms with Gasteiger partial charge in [-0.1, -0.05) is 37.6 Å². The van der Waals surface area contributed by atoms with Crippen LogP contribution < -0.4 is 10.5 Å². The van der Waals surface area contributed by atoms with Gasteiger partial charge in [-0.15, -0.1) is 0 Å². The number of piperidine rings is 1. The van der Waals surface area contributed by atoms with E-state index in [9.17, 15) is 19.1 Å². The Bertz CT molecular complexity index is 1440. The molecule has 0 radical (unpaired) electrons. The minimum absolute atomic E-state index is 0.144. The number of aliphatic hydroxyl groups is 1. The van der Waals surface area contributed by atoms with Crippen LogP contribution in [0.5, 0.6) is 0 Å². The van der Waals surface area contributed by atoms with Crippen molar-refractivity contribution in [2.75, 3.05) is 31.1 Å². The van der Waals surface area contributed by atoms with Gasteiger partial charge in [0.05, 0.1) is 22.2 Å². The molecule has 4 heterocycles. The third-order valence-electron chi connectivity index (χ3n) is 8.20. The van der Waals surface area contributed by atoms with Gasteiger partial charge in [0.25, 0.3) is 5.56 Å². The van der Waals surface area contributed by atoms with Gasteiger partial charge in [-0.05, 0) is 29.8 Å². The second-order valence-corrected chi connectivity index (χ2v) is 11.1. The zero-order chi connectivity index (χ0) is 28.1. The summed E-state index contributed by atoms with van der Waals surface area (Å²) < 4.78 is 29.8. The first kappa shape index (κ1) is 27.2. The fourth-order valence-electron chi connectivity index (χ4n) is 6.07. The summed E-state index contributed by atoms with van der Waals surface area (Å²) in [5.41, 5.74) is -0.758. The van der Waals surface area contributed by atoms with Gasteiger partial charge < -0.3 is 14.9 Å². The van der Waals surface area contributed by atoms with E-state index in [0.717, 1.165) is 0 Å². The number of halogens is 3. The fourth-order valence-corrected chi connectivity index (χ4v) is 6.22. The molecule has 1 N–H and O–H groups in total. The zero-order valence-corrected chi connectivity index (χ0v) is 22.6. The number of hydrogen-bond donors (Lipinski definition) is 1. The van der Waals surface area contributed by atoms with E-state index in [0.29, 0.717) is 11.4 Å². The third kappa shape index (κ3) is 4.91. The number of likely N-dealkylation sites (tertiary alicyclic amines) is 1. The molecule has 11 heteroatoms. The molecule has 0 saturated carbocycles. The van der Waals surface area contributed by atoms with Crippen LogP contribution >= 0.6 is 11.6 Å². The summed E-state index contributed by atoms with van der Waals surface area (Å²) in [5.74, 6) is -2.58. The Kier molecular flexibility index (Phi) is 7.19. The predicted molar refractivity (Wildman–Crippen MR) is 142 cm³/mol. The van der Waals surface area contributed by atoms with Crippen LogP contribution in [-0.4, -0.2) is 56.9 Å². The first-order valence-electron chi connectivity index (χ1n) is 12.9. The molecule has 2 saturated heterocycles. The maximum absolute atomic E-state index is 15.1. The van der Waals surface area contributed by atoms with Gasteiger partial charge in [-0.3, -0.25) is 14.6 Å². The van der Waals surface area contributed by atoms with E-state index >= 15 is 4.39 Å².